The van der Waals surface area contributed by atoms with Crippen LogP contribution in [0.3, 0.4) is 0 Å². The van der Waals surface area contributed by atoms with Gasteiger partial charge in [-0.1, -0.05) is 18.2 Å². The zero-order valence-electron chi connectivity index (χ0n) is 12.2. The van der Waals surface area contributed by atoms with Gasteiger partial charge in [0.15, 0.2) is 0 Å². The lowest BCUT2D eigenvalue weighted by atomic mass is 10.1. The van der Waals surface area contributed by atoms with Crippen molar-refractivity contribution in [3.8, 4) is 5.75 Å². The molecule has 0 bridgehead atoms. The maximum Gasteiger partial charge on any atom is 0.328 e. The standard InChI is InChI=1S/C16H19NO4/c1-20-13-9-7-12(8-10-13)11-17-14(16(19)21-2)5-3-4-6-15(17)18/h4,6-10,14H,3,5,11H2,1-2H3. The van der Waals surface area contributed by atoms with Crippen molar-refractivity contribution in [2.45, 2.75) is 25.4 Å². The van der Waals surface area contributed by atoms with Crippen LogP contribution in [0.5, 0.6) is 5.75 Å². The molecule has 1 amide bonds. The maximum absolute atomic E-state index is 12.2. The largest absolute Gasteiger partial charge is 0.497 e. The molecule has 0 aliphatic carbocycles. The van der Waals surface area contributed by atoms with Gasteiger partial charge in [-0.15, -0.1) is 0 Å². The Morgan fingerprint density at radius 1 is 1.29 bits per heavy atom. The summed E-state index contributed by atoms with van der Waals surface area (Å²) >= 11 is 0. The van der Waals surface area contributed by atoms with Gasteiger partial charge in [0, 0.05) is 6.54 Å². The predicted molar refractivity (Wildman–Crippen MR) is 77.7 cm³/mol. The molecule has 1 atom stereocenters. The number of hydrogen-bond acceptors (Lipinski definition) is 4. The van der Waals surface area contributed by atoms with Crippen molar-refractivity contribution >= 4 is 11.9 Å². The zero-order chi connectivity index (χ0) is 15.2. The van der Waals surface area contributed by atoms with Crippen molar-refractivity contribution in [2.24, 2.45) is 0 Å². The van der Waals surface area contributed by atoms with Gasteiger partial charge < -0.3 is 14.4 Å². The van der Waals surface area contributed by atoms with Gasteiger partial charge in [0.1, 0.15) is 11.8 Å². The third-order valence-electron chi connectivity index (χ3n) is 3.51. The summed E-state index contributed by atoms with van der Waals surface area (Å²) in [5.74, 6) is 0.213. The first kappa shape index (κ1) is 15.1. The van der Waals surface area contributed by atoms with Crippen LogP contribution in [0.1, 0.15) is 18.4 Å². The minimum absolute atomic E-state index is 0.168. The first-order chi connectivity index (χ1) is 10.2. The van der Waals surface area contributed by atoms with E-state index in [1.54, 1.807) is 18.1 Å². The molecule has 5 heteroatoms. The van der Waals surface area contributed by atoms with Crippen LogP contribution in [0, 0.1) is 0 Å². The Morgan fingerprint density at radius 3 is 2.62 bits per heavy atom. The van der Waals surface area contributed by atoms with E-state index in [9.17, 15) is 9.59 Å². The fraction of sp³-hybridized carbons (Fsp3) is 0.375. The van der Waals surface area contributed by atoms with E-state index in [1.807, 2.05) is 24.3 Å². The molecule has 0 saturated heterocycles. The smallest absolute Gasteiger partial charge is 0.328 e. The van der Waals surface area contributed by atoms with Crippen LogP contribution in [0.4, 0.5) is 0 Å². The number of allylic oxidation sites excluding steroid dienone is 1. The third-order valence-corrected chi connectivity index (χ3v) is 3.51. The van der Waals surface area contributed by atoms with Gasteiger partial charge in [-0.25, -0.2) is 4.79 Å². The Balaban J connectivity index is 2.20. The van der Waals surface area contributed by atoms with Crippen molar-refractivity contribution in [3.05, 3.63) is 42.0 Å². The van der Waals surface area contributed by atoms with Gasteiger partial charge in [-0.05, 0) is 36.6 Å². The van der Waals surface area contributed by atoms with Crippen molar-refractivity contribution in [2.75, 3.05) is 14.2 Å². The molecular formula is C16H19NO4. The number of hydrogen-bond donors (Lipinski definition) is 0. The number of ether oxygens (including phenoxy) is 2. The highest BCUT2D eigenvalue weighted by Crippen LogP contribution is 2.19. The van der Waals surface area contributed by atoms with Gasteiger partial charge in [0.05, 0.1) is 14.2 Å². The van der Waals surface area contributed by atoms with Crippen molar-refractivity contribution in [1.29, 1.82) is 0 Å². The van der Waals surface area contributed by atoms with E-state index in [4.69, 9.17) is 9.47 Å². The second kappa shape index (κ2) is 6.92. The maximum atomic E-state index is 12.2. The summed E-state index contributed by atoms with van der Waals surface area (Å²) in [6, 6.07) is 6.89. The Morgan fingerprint density at radius 2 is 2.00 bits per heavy atom. The molecule has 1 heterocycles. The predicted octanol–water partition coefficient (Wildman–Crippen LogP) is 1.92. The van der Waals surface area contributed by atoms with Crippen molar-refractivity contribution in [3.63, 3.8) is 0 Å². The summed E-state index contributed by atoms with van der Waals surface area (Å²) in [7, 11) is 2.95. The van der Waals surface area contributed by atoms with E-state index in [0.29, 0.717) is 19.4 Å². The molecule has 1 aromatic carbocycles. The average molecular weight is 289 g/mol. The fourth-order valence-corrected chi connectivity index (χ4v) is 2.34. The highest BCUT2D eigenvalue weighted by Gasteiger charge is 2.30. The van der Waals surface area contributed by atoms with E-state index in [2.05, 4.69) is 0 Å². The molecule has 0 N–H and O–H groups in total. The molecule has 2 rings (SSSR count). The lowest BCUT2D eigenvalue weighted by molar-refractivity contribution is -0.151. The number of carbonyl (C=O) groups excluding carboxylic acids is 2. The Kier molecular flexibility index (Phi) is 4.98. The van der Waals surface area contributed by atoms with Crippen LogP contribution in [-0.4, -0.2) is 37.0 Å². The summed E-state index contributed by atoms with van der Waals surface area (Å²) in [5, 5.41) is 0. The minimum Gasteiger partial charge on any atom is -0.497 e. The highest BCUT2D eigenvalue weighted by atomic mass is 16.5. The van der Waals surface area contributed by atoms with Crippen LogP contribution >= 0.6 is 0 Å². The van der Waals surface area contributed by atoms with Crippen molar-refractivity contribution < 1.29 is 19.1 Å². The fourth-order valence-electron chi connectivity index (χ4n) is 2.34. The molecule has 1 unspecified atom stereocenters. The normalized spacial score (nSPS) is 18.3. The van der Waals surface area contributed by atoms with Crippen LogP contribution in [-0.2, 0) is 20.9 Å². The van der Waals surface area contributed by atoms with Gasteiger partial charge >= 0.3 is 5.97 Å². The molecule has 0 spiro atoms. The summed E-state index contributed by atoms with van der Waals surface area (Å²) in [5.41, 5.74) is 0.938. The number of carbonyl (C=O) groups is 2. The molecule has 1 aliphatic heterocycles. The second-order valence-electron chi connectivity index (χ2n) is 4.83. The first-order valence-corrected chi connectivity index (χ1v) is 6.83. The molecule has 112 valence electrons. The molecule has 1 aliphatic rings. The van der Waals surface area contributed by atoms with E-state index < -0.39 is 6.04 Å². The minimum atomic E-state index is -0.542. The van der Waals surface area contributed by atoms with Crippen molar-refractivity contribution in [1.82, 2.24) is 4.90 Å². The molecule has 0 aromatic heterocycles. The van der Waals surface area contributed by atoms with E-state index in [1.165, 1.54) is 13.2 Å². The monoisotopic (exact) mass is 289 g/mol. The van der Waals surface area contributed by atoms with Gasteiger partial charge in [0.25, 0.3) is 0 Å². The summed E-state index contributed by atoms with van der Waals surface area (Å²) in [4.78, 5) is 25.6. The molecule has 0 fully saturated rings. The number of amides is 1. The number of methoxy groups -OCH3 is 2. The summed E-state index contributed by atoms with van der Waals surface area (Å²) in [6.45, 7) is 0.368. The number of esters is 1. The Hall–Kier alpha value is -2.30. The molecule has 0 saturated carbocycles. The van der Waals surface area contributed by atoms with E-state index >= 15 is 0 Å². The SMILES string of the molecule is COC(=O)C1CCC=CC(=O)N1Cc1ccc(OC)cc1. The molecule has 21 heavy (non-hydrogen) atoms. The lowest BCUT2D eigenvalue weighted by Crippen LogP contribution is -2.43. The lowest BCUT2D eigenvalue weighted by Gasteiger charge is -2.27. The second-order valence-corrected chi connectivity index (χ2v) is 4.83. The summed E-state index contributed by atoms with van der Waals surface area (Å²) < 4.78 is 9.93. The van der Waals surface area contributed by atoms with Crippen LogP contribution < -0.4 is 4.74 Å². The number of benzene rings is 1. The third kappa shape index (κ3) is 3.62. The molecule has 0 radical (unpaired) electrons. The first-order valence-electron chi connectivity index (χ1n) is 6.83. The summed E-state index contributed by atoms with van der Waals surface area (Å²) in [6.07, 6.45) is 4.58. The Labute approximate surface area is 124 Å². The topological polar surface area (TPSA) is 55.8 Å². The number of rotatable bonds is 4. The van der Waals surface area contributed by atoms with Crippen LogP contribution in [0.2, 0.25) is 0 Å². The average Bonchev–Trinajstić information content (AvgIpc) is 2.70. The van der Waals surface area contributed by atoms with Crippen LogP contribution in [0.15, 0.2) is 36.4 Å². The Bertz CT molecular complexity index is 536. The van der Waals surface area contributed by atoms with Gasteiger partial charge in [-0.3, -0.25) is 4.79 Å². The van der Waals surface area contributed by atoms with E-state index in [-0.39, 0.29) is 11.9 Å². The number of nitrogens with zero attached hydrogens (tertiary/aromatic N) is 1. The van der Waals surface area contributed by atoms with Crippen LogP contribution in [0.25, 0.3) is 0 Å². The molecule has 1 aromatic rings. The van der Waals surface area contributed by atoms with Gasteiger partial charge in [0.2, 0.25) is 5.91 Å². The molecule has 5 nitrogen and oxygen atoms in total. The zero-order valence-corrected chi connectivity index (χ0v) is 12.2. The molecular weight excluding hydrogens is 270 g/mol. The quantitative estimate of drug-likeness (QED) is 0.795. The highest BCUT2D eigenvalue weighted by molar-refractivity contribution is 5.92. The van der Waals surface area contributed by atoms with Gasteiger partial charge in [-0.2, -0.15) is 0 Å². The van der Waals surface area contributed by atoms with E-state index in [0.717, 1.165) is 11.3 Å².